The maximum Gasteiger partial charge on any atom is 0.374 e. The fourth-order valence-corrected chi connectivity index (χ4v) is 2.92. The lowest BCUT2D eigenvalue weighted by molar-refractivity contribution is -0.145. The van der Waals surface area contributed by atoms with E-state index in [1.165, 1.54) is 13.9 Å². The van der Waals surface area contributed by atoms with Gasteiger partial charge in [0.25, 0.3) is 0 Å². The number of carbonyl (C=O) groups excluding carboxylic acids is 1. The first kappa shape index (κ1) is 20.9. The van der Waals surface area contributed by atoms with Crippen LogP contribution < -0.4 is 5.23 Å². The lowest BCUT2D eigenvalue weighted by Gasteiger charge is -2.40. The van der Waals surface area contributed by atoms with Crippen molar-refractivity contribution >= 4 is 21.3 Å². The van der Waals surface area contributed by atoms with Gasteiger partial charge in [0, 0.05) is 4.91 Å². The van der Waals surface area contributed by atoms with E-state index in [2.05, 4.69) is 36.0 Å². The van der Waals surface area contributed by atoms with Crippen molar-refractivity contribution in [2.45, 2.75) is 57.9 Å². The van der Waals surface area contributed by atoms with E-state index in [4.69, 9.17) is 14.7 Å². The number of carbonyl (C=O) groups is 1. The van der Waals surface area contributed by atoms with Gasteiger partial charge in [0.1, 0.15) is 6.04 Å². The molecule has 0 rings (SSSR count). The average Bonchev–Trinajstić information content (AvgIpc) is 2.38. The molecule has 0 aliphatic rings. The maximum atomic E-state index is 12.0. The quantitative estimate of drug-likeness (QED) is 0.232. The summed E-state index contributed by atoms with van der Waals surface area (Å²) in [5.41, 5.74) is 8.56. The molecule has 8 nitrogen and oxygen atoms in total. The molecule has 0 bridgehead atoms. The van der Waals surface area contributed by atoms with Crippen molar-refractivity contribution in [1.82, 2.24) is 5.23 Å². The molecule has 2 N–H and O–H groups in total. The lowest BCUT2D eigenvalue weighted by Crippen LogP contribution is -2.57. The Morgan fingerprint density at radius 3 is 2.41 bits per heavy atom. The molecule has 0 spiro atoms. The third-order valence-corrected chi connectivity index (χ3v) is 8.33. The number of hydrogen-bond acceptors (Lipinski definition) is 6. The molecule has 126 valence electrons. The van der Waals surface area contributed by atoms with Crippen LogP contribution in [0.1, 0.15) is 20.8 Å². The second kappa shape index (κ2) is 8.54. The molecule has 10 heteroatoms. The summed E-state index contributed by atoms with van der Waals surface area (Å²) in [7, 11) is -1.87. The molecule has 0 aliphatic heterocycles. The Kier molecular flexibility index (Phi) is 8.13. The minimum Gasteiger partial charge on any atom is -0.468 e. The van der Waals surface area contributed by atoms with Crippen molar-refractivity contribution in [3.63, 3.8) is 0 Å². The summed E-state index contributed by atoms with van der Waals surface area (Å²) in [5, 5.41) is 15.7. The van der Waals surface area contributed by atoms with Gasteiger partial charge in [-0.2, -0.15) is 0 Å². The SMILES string of the molecule is COC(=O)[C@@H](NB(C)O)[C@@H](CN=[N+]=[N-])O[Si](C)(C)C(C)(C)C. The summed E-state index contributed by atoms with van der Waals surface area (Å²) in [6.45, 7) is 11.7. The minimum atomic E-state index is -2.20. The van der Waals surface area contributed by atoms with Crippen LogP contribution in [0.25, 0.3) is 10.4 Å². The van der Waals surface area contributed by atoms with Crippen LogP contribution in [0.15, 0.2) is 5.11 Å². The fraction of sp³-hybridized carbons (Fsp3) is 0.917. The number of ether oxygens (including phenoxy) is 1. The second-order valence-corrected chi connectivity index (χ2v) is 11.4. The van der Waals surface area contributed by atoms with Gasteiger partial charge in [0.15, 0.2) is 8.32 Å². The van der Waals surface area contributed by atoms with E-state index in [9.17, 15) is 9.82 Å². The number of rotatable bonds is 8. The van der Waals surface area contributed by atoms with Crippen LogP contribution in [0.2, 0.25) is 25.0 Å². The molecule has 2 atom stereocenters. The molecule has 0 aliphatic carbocycles. The predicted molar refractivity (Wildman–Crippen MR) is 88.9 cm³/mol. The van der Waals surface area contributed by atoms with Crippen molar-refractivity contribution in [3.05, 3.63) is 10.4 Å². The fourth-order valence-electron chi connectivity index (χ4n) is 1.60. The van der Waals surface area contributed by atoms with Gasteiger partial charge in [-0.05, 0) is 30.5 Å². The van der Waals surface area contributed by atoms with Gasteiger partial charge in [-0.1, -0.05) is 25.9 Å². The Balaban J connectivity index is 5.46. The Morgan fingerprint density at radius 2 is 2.05 bits per heavy atom. The van der Waals surface area contributed by atoms with Crippen LogP contribution >= 0.6 is 0 Å². The van der Waals surface area contributed by atoms with E-state index in [0.717, 1.165) is 0 Å². The number of hydrogen-bond donors (Lipinski definition) is 2. The smallest absolute Gasteiger partial charge is 0.374 e. The average molecular weight is 330 g/mol. The summed E-state index contributed by atoms with van der Waals surface area (Å²) in [5.74, 6) is -0.572. The highest BCUT2D eigenvalue weighted by atomic mass is 28.4. The summed E-state index contributed by atoms with van der Waals surface area (Å²) < 4.78 is 11.0. The van der Waals surface area contributed by atoms with E-state index in [1.54, 1.807) is 0 Å². The Bertz CT molecular complexity index is 422. The number of esters is 1. The molecule has 0 saturated carbocycles. The van der Waals surface area contributed by atoms with Crippen LogP contribution in [0.4, 0.5) is 0 Å². The largest absolute Gasteiger partial charge is 0.468 e. The zero-order valence-corrected chi connectivity index (χ0v) is 15.5. The number of methoxy groups -OCH3 is 1. The predicted octanol–water partition coefficient (Wildman–Crippen LogP) is 1.93. The van der Waals surface area contributed by atoms with Gasteiger partial charge in [-0.3, -0.25) is 4.79 Å². The number of nitrogens with one attached hydrogen (secondary N) is 1. The summed E-state index contributed by atoms with van der Waals surface area (Å²) in [4.78, 5) is 14.7. The monoisotopic (exact) mass is 330 g/mol. The van der Waals surface area contributed by atoms with Gasteiger partial charge < -0.3 is 19.4 Å². The molecular formula is C12H27BN4O4Si. The molecule has 0 aromatic carbocycles. The first-order valence-electron chi connectivity index (χ1n) is 7.17. The van der Waals surface area contributed by atoms with Gasteiger partial charge in [-0.15, -0.1) is 0 Å². The Labute approximate surface area is 133 Å². The molecule has 0 heterocycles. The maximum absolute atomic E-state index is 12.0. The van der Waals surface area contributed by atoms with Crippen molar-refractivity contribution < 1.29 is 19.0 Å². The molecule has 0 amide bonds. The highest BCUT2D eigenvalue weighted by Gasteiger charge is 2.42. The normalized spacial score (nSPS) is 14.7. The van der Waals surface area contributed by atoms with Gasteiger partial charge in [0.2, 0.25) is 0 Å². The Morgan fingerprint density at radius 1 is 1.50 bits per heavy atom. The van der Waals surface area contributed by atoms with E-state index in [1.807, 2.05) is 13.1 Å². The molecule has 0 aromatic heterocycles. The number of nitrogens with zero attached hydrogens (tertiary/aromatic N) is 3. The molecule has 22 heavy (non-hydrogen) atoms. The zero-order chi connectivity index (χ0) is 17.6. The highest BCUT2D eigenvalue weighted by Crippen LogP contribution is 2.37. The van der Waals surface area contributed by atoms with Crippen molar-refractivity contribution in [3.8, 4) is 0 Å². The summed E-state index contributed by atoms with van der Waals surface area (Å²) >= 11 is 0. The molecule has 0 radical (unpaired) electrons. The van der Waals surface area contributed by atoms with E-state index >= 15 is 0 Å². The van der Waals surface area contributed by atoms with Gasteiger partial charge >= 0.3 is 13.0 Å². The van der Waals surface area contributed by atoms with Crippen LogP contribution in [-0.4, -0.2) is 52.2 Å². The molecule has 0 fully saturated rings. The van der Waals surface area contributed by atoms with Crippen molar-refractivity contribution in [2.24, 2.45) is 5.11 Å². The number of azide groups is 1. The van der Waals surface area contributed by atoms with E-state index < -0.39 is 33.5 Å². The van der Waals surface area contributed by atoms with Crippen molar-refractivity contribution in [2.75, 3.05) is 13.7 Å². The minimum absolute atomic E-state index is 0.0253. The standard InChI is InChI=1S/C12H27BN4O4Si/c1-12(2,3)22(6,7)21-9(8-15-17-14)10(11(18)20-5)16-13(4)19/h9-10,16,19H,8H2,1-7H3/t9-,10+/m1/s1. The summed E-state index contributed by atoms with van der Waals surface area (Å²) in [6.07, 6.45) is -0.709. The Hall–Kier alpha value is -1.06. The van der Waals surface area contributed by atoms with Crippen LogP contribution in [0.3, 0.4) is 0 Å². The summed E-state index contributed by atoms with van der Waals surface area (Å²) in [6, 6.07) is -0.912. The molecular weight excluding hydrogens is 303 g/mol. The van der Waals surface area contributed by atoms with E-state index in [0.29, 0.717) is 0 Å². The lowest BCUT2D eigenvalue weighted by atomic mass is 9.86. The highest BCUT2D eigenvalue weighted by molar-refractivity contribution is 6.74. The van der Waals surface area contributed by atoms with Crippen LogP contribution in [0.5, 0.6) is 0 Å². The first-order chi connectivity index (χ1) is 9.96. The first-order valence-corrected chi connectivity index (χ1v) is 10.1. The topological polar surface area (TPSA) is 117 Å². The van der Waals surface area contributed by atoms with E-state index in [-0.39, 0.29) is 11.6 Å². The zero-order valence-electron chi connectivity index (χ0n) is 14.5. The van der Waals surface area contributed by atoms with Gasteiger partial charge in [-0.25, -0.2) is 0 Å². The third kappa shape index (κ3) is 6.37. The molecule has 0 unspecified atom stereocenters. The molecule has 0 aromatic rings. The van der Waals surface area contributed by atoms with Crippen molar-refractivity contribution in [1.29, 1.82) is 0 Å². The third-order valence-electron chi connectivity index (χ3n) is 3.82. The van der Waals surface area contributed by atoms with Crippen LogP contribution in [-0.2, 0) is 14.0 Å². The second-order valence-electron chi connectivity index (χ2n) is 6.67. The molecule has 0 saturated heterocycles. The van der Waals surface area contributed by atoms with Gasteiger partial charge in [0.05, 0.1) is 19.8 Å². The van der Waals surface area contributed by atoms with Crippen LogP contribution in [0, 0.1) is 0 Å².